The molecule has 296 valence electrons. The summed E-state index contributed by atoms with van der Waals surface area (Å²) in [5.74, 6) is 2.03. The number of para-hydroxylation sites is 2. The van der Waals surface area contributed by atoms with Crippen molar-refractivity contribution >= 4 is 33.5 Å². The van der Waals surface area contributed by atoms with Crippen molar-refractivity contribution in [3.05, 3.63) is 234 Å². The summed E-state index contributed by atoms with van der Waals surface area (Å²) in [6.07, 6.45) is 33.4. The minimum Gasteiger partial charge on any atom is -0.484 e. The Morgan fingerprint density at radius 3 is 1.66 bits per heavy atom. The molecular weight excluding hydrogens is 749 g/mol. The van der Waals surface area contributed by atoms with Crippen molar-refractivity contribution in [1.82, 2.24) is 0 Å². The largest absolute Gasteiger partial charge is 0.484 e. The van der Waals surface area contributed by atoms with Crippen molar-refractivity contribution in [2.24, 2.45) is 23.7 Å². The molecule has 3 aliphatic heterocycles. The van der Waals surface area contributed by atoms with Gasteiger partial charge >= 0.3 is 0 Å². The normalized spacial score (nSPS) is 30.2. The van der Waals surface area contributed by atoms with Gasteiger partial charge in [0.1, 0.15) is 24.1 Å². The fourth-order valence-electron chi connectivity index (χ4n) is 11.5. The molecule has 61 heavy (non-hydrogen) atoms. The third-order valence-corrected chi connectivity index (χ3v) is 14.1. The second kappa shape index (κ2) is 14.0. The van der Waals surface area contributed by atoms with Crippen LogP contribution in [0.3, 0.4) is 0 Å². The zero-order valence-corrected chi connectivity index (χ0v) is 33.5. The summed E-state index contributed by atoms with van der Waals surface area (Å²) in [6, 6.07) is 41.7. The predicted octanol–water partition coefficient (Wildman–Crippen LogP) is 11.9. The van der Waals surface area contributed by atoms with Crippen LogP contribution in [-0.2, 0) is 9.47 Å². The van der Waals surface area contributed by atoms with E-state index in [1.165, 1.54) is 16.7 Å². The second-order valence-electron chi connectivity index (χ2n) is 17.2. The molecular formula is C56H44N2O3. The van der Waals surface area contributed by atoms with Crippen LogP contribution in [0.4, 0.5) is 17.1 Å². The fraction of sp³-hybridized carbons (Fsp3) is 0.179. The van der Waals surface area contributed by atoms with E-state index in [1.807, 2.05) is 0 Å². The standard InChI is InChI=1S/C56H44N2O3/c1-3-17-35(18-4-1)57(46-29-15-27-43-39-23-11-13-31-50(39)59-55(43)46)48-33-45-53-41-25-9-7-21-37(41)49(34-52(53)61-54(45)42-26-10-8-22-38(42)48)58(36-19-5-2-6-20-36)47-30-16-28-44-40-24-12-14-32-51(40)60-56(44)47/h1-34,39-40,43-44,50-53,55-56H. The van der Waals surface area contributed by atoms with E-state index in [0.717, 1.165) is 50.7 Å². The van der Waals surface area contributed by atoms with Crippen LogP contribution in [0.2, 0.25) is 0 Å². The van der Waals surface area contributed by atoms with Gasteiger partial charge in [0.25, 0.3) is 0 Å². The summed E-state index contributed by atoms with van der Waals surface area (Å²) in [5, 5.41) is 2.25. The van der Waals surface area contributed by atoms with E-state index in [2.05, 4.69) is 216 Å². The number of anilines is 3. The zero-order chi connectivity index (χ0) is 40.0. The quantitative estimate of drug-likeness (QED) is 0.171. The lowest BCUT2D eigenvalue weighted by atomic mass is 9.78. The van der Waals surface area contributed by atoms with E-state index in [1.54, 1.807) is 0 Å². The summed E-state index contributed by atoms with van der Waals surface area (Å²) in [5.41, 5.74) is 10.4. The predicted molar refractivity (Wildman–Crippen MR) is 244 cm³/mol. The van der Waals surface area contributed by atoms with E-state index in [4.69, 9.17) is 14.2 Å². The minimum atomic E-state index is -0.232. The molecule has 0 radical (unpaired) electrons. The van der Waals surface area contributed by atoms with Crippen LogP contribution in [0.5, 0.6) is 5.75 Å². The van der Waals surface area contributed by atoms with Crippen molar-refractivity contribution in [2.45, 2.75) is 36.4 Å². The third-order valence-electron chi connectivity index (χ3n) is 14.1. The van der Waals surface area contributed by atoms with Crippen molar-refractivity contribution in [3.8, 4) is 5.75 Å². The number of hydrogen-bond acceptors (Lipinski definition) is 5. The Labute approximate surface area is 356 Å². The van der Waals surface area contributed by atoms with Crippen molar-refractivity contribution in [3.63, 3.8) is 0 Å². The van der Waals surface area contributed by atoms with Gasteiger partial charge in [0.2, 0.25) is 0 Å². The number of hydrogen-bond donors (Lipinski definition) is 0. The first-order valence-electron chi connectivity index (χ1n) is 21.8. The van der Waals surface area contributed by atoms with Crippen molar-refractivity contribution in [2.75, 3.05) is 9.80 Å². The Hall–Kier alpha value is -6.66. The number of ether oxygens (including phenoxy) is 3. The average molecular weight is 793 g/mol. The second-order valence-corrected chi connectivity index (χ2v) is 17.2. The summed E-state index contributed by atoms with van der Waals surface area (Å²) in [6.45, 7) is 0. The Morgan fingerprint density at radius 1 is 0.443 bits per heavy atom. The lowest BCUT2D eigenvalue weighted by molar-refractivity contribution is 0.0803. The first-order valence-corrected chi connectivity index (χ1v) is 21.8. The molecule has 2 fully saturated rings. The maximum Gasteiger partial charge on any atom is 0.132 e. The van der Waals surface area contributed by atoms with Gasteiger partial charge in [0.05, 0.1) is 40.9 Å². The van der Waals surface area contributed by atoms with Gasteiger partial charge < -0.3 is 24.0 Å². The molecule has 2 saturated heterocycles. The van der Waals surface area contributed by atoms with Crippen LogP contribution in [0.1, 0.15) is 22.6 Å². The molecule has 13 rings (SSSR count). The van der Waals surface area contributed by atoms with Crippen LogP contribution < -0.4 is 14.5 Å². The van der Waals surface area contributed by atoms with Crippen molar-refractivity contribution in [1.29, 1.82) is 0 Å². The fourth-order valence-corrected chi connectivity index (χ4v) is 11.5. The van der Waals surface area contributed by atoms with E-state index >= 15 is 0 Å². The third kappa shape index (κ3) is 5.40. The molecule has 0 bridgehead atoms. The van der Waals surface area contributed by atoms with Crippen LogP contribution in [0.15, 0.2) is 218 Å². The Balaban J connectivity index is 0.965. The van der Waals surface area contributed by atoms with Crippen molar-refractivity contribution < 1.29 is 14.2 Å². The monoisotopic (exact) mass is 792 g/mol. The molecule has 10 atom stereocenters. The number of fused-ring (bicyclic) bond motifs is 13. The lowest BCUT2D eigenvalue weighted by Gasteiger charge is -2.39. The van der Waals surface area contributed by atoms with Crippen LogP contribution in [0, 0.1) is 23.7 Å². The number of nitrogens with zero attached hydrogens (tertiary/aromatic N) is 2. The Morgan fingerprint density at radius 2 is 0.984 bits per heavy atom. The van der Waals surface area contributed by atoms with Gasteiger partial charge in [0.15, 0.2) is 0 Å². The van der Waals surface area contributed by atoms with Crippen LogP contribution >= 0.6 is 0 Å². The first-order chi connectivity index (χ1) is 30.3. The highest BCUT2D eigenvalue weighted by Crippen LogP contribution is 2.56. The maximum atomic E-state index is 7.30. The highest BCUT2D eigenvalue weighted by Gasteiger charge is 2.49. The van der Waals surface area contributed by atoms with Gasteiger partial charge in [-0.3, -0.25) is 0 Å². The minimum absolute atomic E-state index is 0.0174. The number of allylic oxidation sites excluding steroid dienone is 8. The Kier molecular flexibility index (Phi) is 8.03. The summed E-state index contributed by atoms with van der Waals surface area (Å²) < 4.78 is 21.2. The molecule has 0 spiro atoms. The van der Waals surface area contributed by atoms with Crippen LogP contribution in [-0.4, -0.2) is 30.5 Å². The SMILES string of the molecule is C1=CC2OC3C(N(C4=CC5Oc6c(cc(N(C7=CC=CC8C7OC7C=CC=CC78)c7ccccc7)c7ccccc67)C5c5ccccc54)c4ccccc4)=CC=CC3C2C=C1. The molecule has 0 aromatic heterocycles. The molecule has 5 aromatic rings. The van der Waals surface area contributed by atoms with E-state index < -0.39 is 0 Å². The molecule has 5 heteroatoms. The summed E-state index contributed by atoms with van der Waals surface area (Å²) >= 11 is 0. The van der Waals surface area contributed by atoms with Gasteiger partial charge in [-0.1, -0.05) is 158 Å². The molecule has 0 amide bonds. The molecule has 0 saturated carbocycles. The average Bonchev–Trinajstić information content (AvgIpc) is 4.02. The van der Waals surface area contributed by atoms with E-state index in [9.17, 15) is 0 Å². The van der Waals surface area contributed by atoms with Crippen LogP contribution in [0.25, 0.3) is 16.5 Å². The molecule has 3 heterocycles. The van der Waals surface area contributed by atoms with Gasteiger partial charge in [-0.05, 0) is 54.1 Å². The maximum absolute atomic E-state index is 7.30. The highest BCUT2D eigenvalue weighted by atomic mass is 16.5. The Bertz CT molecular complexity index is 2880. The van der Waals surface area contributed by atoms with Gasteiger partial charge in [-0.15, -0.1) is 0 Å². The first kappa shape index (κ1) is 35.1. The molecule has 5 nitrogen and oxygen atoms in total. The molecule has 5 aromatic carbocycles. The smallest absolute Gasteiger partial charge is 0.132 e. The van der Waals surface area contributed by atoms with E-state index in [-0.39, 0.29) is 48.3 Å². The molecule has 0 N–H and O–H groups in total. The van der Waals surface area contributed by atoms with E-state index in [0.29, 0.717) is 11.8 Å². The molecule has 8 aliphatic rings. The lowest BCUT2D eigenvalue weighted by Crippen LogP contribution is -2.36. The molecule has 10 unspecified atom stereocenters. The highest BCUT2D eigenvalue weighted by molar-refractivity contribution is 6.03. The van der Waals surface area contributed by atoms with Gasteiger partial charge in [-0.25, -0.2) is 0 Å². The summed E-state index contributed by atoms with van der Waals surface area (Å²) in [7, 11) is 0. The van der Waals surface area contributed by atoms with Gasteiger partial charge in [0, 0.05) is 56.9 Å². The molecule has 5 aliphatic carbocycles. The number of rotatable bonds is 6. The zero-order valence-electron chi connectivity index (χ0n) is 33.5. The topological polar surface area (TPSA) is 34.2 Å². The number of benzene rings is 5. The summed E-state index contributed by atoms with van der Waals surface area (Å²) in [4.78, 5) is 4.90. The van der Waals surface area contributed by atoms with Gasteiger partial charge in [-0.2, -0.15) is 0 Å².